The summed E-state index contributed by atoms with van der Waals surface area (Å²) < 4.78 is 6.73. The van der Waals surface area contributed by atoms with E-state index < -0.39 is 5.41 Å². The van der Waals surface area contributed by atoms with Crippen LogP contribution in [-0.4, -0.2) is 9.97 Å². The molecule has 0 amide bonds. The molecular formula is C57H36N2O. The zero-order valence-electron chi connectivity index (χ0n) is 32.6. The zero-order chi connectivity index (χ0) is 39.6. The molecule has 3 nitrogen and oxygen atoms in total. The molecule has 1 aromatic heterocycles. The van der Waals surface area contributed by atoms with Crippen LogP contribution in [0.25, 0.3) is 78.1 Å². The Morgan fingerprint density at radius 1 is 0.300 bits per heavy atom. The minimum Gasteiger partial charge on any atom is -0.457 e. The third kappa shape index (κ3) is 5.23. The topological polar surface area (TPSA) is 35.0 Å². The SMILES string of the molecule is c1ccc(-c2cc(-c3ccc(-c4ccccc4)c4ccccc34)nc(-c3cccc(-c4ccc5c(c4)C4(c6ccccc6O5)c5ccccc5-c5ccccc54)c3)n2)cc1. The summed E-state index contributed by atoms with van der Waals surface area (Å²) in [6, 6.07) is 77.8. The van der Waals surface area contributed by atoms with Gasteiger partial charge in [-0.25, -0.2) is 9.97 Å². The maximum Gasteiger partial charge on any atom is 0.160 e. The molecule has 0 unspecified atom stereocenters. The van der Waals surface area contributed by atoms with Crippen molar-refractivity contribution in [1.82, 2.24) is 9.97 Å². The lowest BCUT2D eigenvalue weighted by atomic mass is 9.66. The highest BCUT2D eigenvalue weighted by molar-refractivity contribution is 6.04. The lowest BCUT2D eigenvalue weighted by molar-refractivity contribution is 0.436. The van der Waals surface area contributed by atoms with Gasteiger partial charge in [0.2, 0.25) is 0 Å². The van der Waals surface area contributed by atoms with Crippen molar-refractivity contribution in [3.05, 3.63) is 241 Å². The Morgan fingerprint density at radius 3 is 1.58 bits per heavy atom. The number of hydrogen-bond donors (Lipinski definition) is 0. The summed E-state index contributed by atoms with van der Waals surface area (Å²) in [5.74, 6) is 2.43. The second-order valence-corrected chi connectivity index (χ2v) is 15.6. The Kier molecular flexibility index (Phi) is 7.76. The molecule has 9 aromatic carbocycles. The van der Waals surface area contributed by atoms with Crippen molar-refractivity contribution in [3.63, 3.8) is 0 Å². The Balaban J connectivity index is 1.02. The number of fused-ring (bicyclic) bond motifs is 10. The monoisotopic (exact) mass is 764 g/mol. The number of para-hydroxylation sites is 1. The molecule has 1 spiro atoms. The Labute approximate surface area is 348 Å². The second-order valence-electron chi connectivity index (χ2n) is 15.6. The number of hydrogen-bond acceptors (Lipinski definition) is 3. The van der Waals surface area contributed by atoms with E-state index in [1.807, 2.05) is 6.07 Å². The van der Waals surface area contributed by atoms with Gasteiger partial charge in [-0.2, -0.15) is 0 Å². The summed E-state index contributed by atoms with van der Waals surface area (Å²) in [4.78, 5) is 10.6. The van der Waals surface area contributed by atoms with Gasteiger partial charge in [-0.05, 0) is 85.6 Å². The molecule has 12 rings (SSSR count). The Bertz CT molecular complexity index is 3250. The van der Waals surface area contributed by atoms with Crippen molar-refractivity contribution in [2.75, 3.05) is 0 Å². The van der Waals surface area contributed by atoms with Gasteiger partial charge in [0.15, 0.2) is 5.82 Å². The molecule has 0 N–H and O–H groups in total. The average Bonchev–Trinajstić information content (AvgIpc) is 3.62. The zero-order valence-corrected chi connectivity index (χ0v) is 32.6. The predicted molar refractivity (Wildman–Crippen MR) is 244 cm³/mol. The highest BCUT2D eigenvalue weighted by Crippen LogP contribution is 2.62. The van der Waals surface area contributed by atoms with Crippen molar-refractivity contribution < 1.29 is 4.74 Å². The van der Waals surface area contributed by atoms with Crippen molar-refractivity contribution >= 4 is 10.8 Å². The molecule has 0 saturated carbocycles. The standard InChI is InChI=1S/C57H36N2O/c1-3-16-37(17-4-1)42-31-32-47(44-23-8-7-22-43(42)44)53-36-52(38-18-5-2-6-19-38)58-56(59-53)41-21-15-20-39(34-41)40-30-33-55-51(35-40)57(50-28-13-14-29-54(50)60-55)48-26-11-9-24-45(48)46-25-10-12-27-49(46)57/h1-36H. The van der Waals surface area contributed by atoms with E-state index in [-0.39, 0.29) is 0 Å². The van der Waals surface area contributed by atoms with Gasteiger partial charge in [-0.15, -0.1) is 0 Å². The van der Waals surface area contributed by atoms with Crippen LogP contribution >= 0.6 is 0 Å². The first kappa shape index (κ1) is 34.2. The first-order chi connectivity index (χ1) is 29.7. The molecule has 1 aliphatic carbocycles. The molecule has 10 aromatic rings. The molecule has 2 aliphatic rings. The number of benzene rings is 9. The van der Waals surface area contributed by atoms with Crippen molar-refractivity contribution in [3.8, 4) is 78.8 Å². The molecule has 1 aliphatic heterocycles. The number of ether oxygens (including phenoxy) is 1. The summed E-state index contributed by atoms with van der Waals surface area (Å²) in [5.41, 5.74) is 16.2. The summed E-state index contributed by atoms with van der Waals surface area (Å²) in [7, 11) is 0. The molecule has 0 bridgehead atoms. The molecule has 280 valence electrons. The largest absolute Gasteiger partial charge is 0.457 e. The van der Waals surface area contributed by atoms with Crippen molar-refractivity contribution in [2.45, 2.75) is 5.41 Å². The van der Waals surface area contributed by atoms with Gasteiger partial charge < -0.3 is 4.74 Å². The Hall–Kier alpha value is -7.88. The first-order valence-electron chi connectivity index (χ1n) is 20.5. The van der Waals surface area contributed by atoms with E-state index in [4.69, 9.17) is 14.7 Å². The summed E-state index contributed by atoms with van der Waals surface area (Å²) >= 11 is 0. The fraction of sp³-hybridized carbons (Fsp3) is 0.0175. The first-order valence-corrected chi connectivity index (χ1v) is 20.5. The highest BCUT2D eigenvalue weighted by atomic mass is 16.5. The second kappa shape index (κ2) is 13.6. The smallest absolute Gasteiger partial charge is 0.160 e. The van der Waals surface area contributed by atoms with Crippen LogP contribution in [0.15, 0.2) is 218 Å². The average molecular weight is 765 g/mol. The van der Waals surface area contributed by atoms with Crippen LogP contribution in [0.4, 0.5) is 0 Å². The van der Waals surface area contributed by atoms with Crippen molar-refractivity contribution in [1.29, 1.82) is 0 Å². The van der Waals surface area contributed by atoms with Gasteiger partial charge in [0.05, 0.1) is 16.8 Å². The molecule has 0 radical (unpaired) electrons. The minimum absolute atomic E-state index is 0.536. The molecule has 0 fully saturated rings. The summed E-state index contributed by atoms with van der Waals surface area (Å²) in [6.45, 7) is 0. The van der Waals surface area contributed by atoms with E-state index in [2.05, 4.69) is 212 Å². The molecule has 2 heterocycles. The van der Waals surface area contributed by atoms with E-state index in [9.17, 15) is 0 Å². The van der Waals surface area contributed by atoms with Gasteiger partial charge in [0.25, 0.3) is 0 Å². The van der Waals surface area contributed by atoms with Crippen molar-refractivity contribution in [2.24, 2.45) is 0 Å². The number of rotatable bonds is 5. The fourth-order valence-corrected chi connectivity index (χ4v) is 9.74. The summed E-state index contributed by atoms with van der Waals surface area (Å²) in [5, 5.41) is 2.34. The van der Waals surface area contributed by atoms with Gasteiger partial charge in [0.1, 0.15) is 11.5 Å². The lowest BCUT2D eigenvalue weighted by Gasteiger charge is -2.39. The molecular weight excluding hydrogens is 729 g/mol. The summed E-state index contributed by atoms with van der Waals surface area (Å²) in [6.07, 6.45) is 0. The van der Waals surface area contributed by atoms with E-state index >= 15 is 0 Å². The molecule has 3 heteroatoms. The van der Waals surface area contributed by atoms with E-state index in [0.29, 0.717) is 5.82 Å². The van der Waals surface area contributed by atoms with Gasteiger partial charge >= 0.3 is 0 Å². The molecule has 0 saturated heterocycles. The van der Waals surface area contributed by atoms with Crippen LogP contribution in [0.1, 0.15) is 22.3 Å². The molecule has 60 heavy (non-hydrogen) atoms. The highest BCUT2D eigenvalue weighted by Gasteiger charge is 2.51. The predicted octanol–water partition coefficient (Wildman–Crippen LogP) is 14.4. The quantitative estimate of drug-likeness (QED) is 0.175. The molecule has 0 atom stereocenters. The maximum atomic E-state index is 6.73. The van der Waals surface area contributed by atoms with Gasteiger partial charge in [0, 0.05) is 27.8 Å². The van der Waals surface area contributed by atoms with Crippen LogP contribution in [0.3, 0.4) is 0 Å². The fourth-order valence-electron chi connectivity index (χ4n) is 9.74. The van der Waals surface area contributed by atoms with Crippen LogP contribution < -0.4 is 4.74 Å². The van der Waals surface area contributed by atoms with Crippen LogP contribution in [0.2, 0.25) is 0 Å². The maximum absolute atomic E-state index is 6.73. The van der Waals surface area contributed by atoms with E-state index in [1.165, 1.54) is 38.8 Å². The number of nitrogens with zero attached hydrogens (tertiary/aromatic N) is 2. The normalized spacial score (nSPS) is 12.9. The van der Waals surface area contributed by atoms with Crippen LogP contribution in [0.5, 0.6) is 11.5 Å². The van der Waals surface area contributed by atoms with Gasteiger partial charge in [-0.1, -0.05) is 188 Å². The van der Waals surface area contributed by atoms with Gasteiger partial charge in [-0.3, -0.25) is 0 Å². The van der Waals surface area contributed by atoms with Crippen LogP contribution in [0, 0.1) is 0 Å². The Morgan fingerprint density at radius 2 is 0.833 bits per heavy atom. The third-order valence-electron chi connectivity index (χ3n) is 12.4. The van der Waals surface area contributed by atoms with E-state index in [0.717, 1.165) is 67.2 Å². The lowest BCUT2D eigenvalue weighted by Crippen LogP contribution is -2.32. The van der Waals surface area contributed by atoms with E-state index in [1.54, 1.807) is 0 Å². The third-order valence-corrected chi connectivity index (χ3v) is 12.4. The van der Waals surface area contributed by atoms with Crippen LogP contribution in [-0.2, 0) is 5.41 Å². The minimum atomic E-state index is -0.536. The number of aromatic nitrogens is 2.